The van der Waals surface area contributed by atoms with Crippen LogP contribution in [0.3, 0.4) is 0 Å². The number of rotatable bonds is 13. The summed E-state index contributed by atoms with van der Waals surface area (Å²) in [5, 5.41) is 51.5. The maximum Gasteiger partial charge on any atom is 0.312 e. The normalized spacial score (nSPS) is 25.8. The first-order valence-corrected chi connectivity index (χ1v) is 28.5. The highest BCUT2D eigenvalue weighted by Crippen LogP contribution is 2.54. The van der Waals surface area contributed by atoms with Gasteiger partial charge in [-0.2, -0.15) is 0 Å². The molecule has 6 N–H and O–H groups in total. The topological polar surface area (TPSA) is 260 Å². The van der Waals surface area contributed by atoms with Gasteiger partial charge in [-0.05, 0) is 67.8 Å². The maximum atomic E-state index is 15.1. The van der Waals surface area contributed by atoms with Crippen LogP contribution < -0.4 is 25.0 Å². The van der Waals surface area contributed by atoms with E-state index in [0.29, 0.717) is 5.69 Å². The Morgan fingerprint density at radius 2 is 1.56 bits per heavy atom. The number of aromatic hydroxyl groups is 2. The van der Waals surface area contributed by atoms with Gasteiger partial charge in [0.1, 0.15) is 35.0 Å². The Morgan fingerprint density at radius 3 is 2.24 bits per heavy atom. The predicted molar refractivity (Wildman–Crippen MR) is 319 cm³/mol. The number of hydrogen-bond acceptors (Lipinski definition) is 16. The number of ether oxygens (including phenoxy) is 5. The number of Topliss-reactive ketones (excluding diaryl/α,β-unsaturated/α-hetero) is 2. The lowest BCUT2D eigenvalue weighted by Gasteiger charge is -2.38. The van der Waals surface area contributed by atoms with Crippen molar-refractivity contribution in [3.8, 4) is 23.0 Å². The average molecular weight is 1200 g/mol. The molecule has 1 unspecified atom stereocenters. The number of methoxy groups -OCH3 is 1. The summed E-state index contributed by atoms with van der Waals surface area (Å²) >= 11 is 0. The zero-order chi connectivity index (χ0) is 65.0. The van der Waals surface area contributed by atoms with Gasteiger partial charge in [-0.15, -0.1) is 0 Å². The van der Waals surface area contributed by atoms with Crippen molar-refractivity contribution in [3.63, 3.8) is 0 Å². The fourth-order valence-corrected chi connectivity index (χ4v) is 11.2. The molecule has 9 rings (SSSR count). The Morgan fingerprint density at radius 1 is 0.874 bits per heavy atom. The molecule has 4 aliphatic heterocycles. The lowest BCUT2D eigenvalue weighted by atomic mass is 9.78. The van der Waals surface area contributed by atoms with Gasteiger partial charge in [-0.1, -0.05) is 88.4 Å². The second kappa shape index (κ2) is 27.4. The summed E-state index contributed by atoms with van der Waals surface area (Å²) in [5.74, 6) is -12.8. The number of anilines is 2. The molecule has 10 atom stereocenters. The van der Waals surface area contributed by atoms with E-state index in [1.807, 2.05) is 0 Å². The van der Waals surface area contributed by atoms with Crippen LogP contribution in [-0.4, -0.2) is 137 Å². The third-order valence-corrected chi connectivity index (χ3v) is 16.4. The number of aliphatic hydroxyl groups is 2. The lowest BCUT2D eigenvalue weighted by molar-refractivity contribution is -0.160. The van der Waals surface area contributed by atoms with E-state index in [4.69, 9.17) is 26.4 Å². The van der Waals surface area contributed by atoms with Gasteiger partial charge >= 0.3 is 11.8 Å². The Balaban J connectivity index is 1.08. The zero-order valence-electron chi connectivity index (χ0n) is 51.8. The molecule has 87 heavy (non-hydrogen) atoms. The van der Waals surface area contributed by atoms with E-state index >= 15 is 4.39 Å². The van der Waals surface area contributed by atoms with E-state index in [1.54, 1.807) is 62.9 Å². The number of amides is 3. The molecule has 0 aliphatic carbocycles. The first kappa shape index (κ1) is 61.4. The number of ketones is 2. The SMILES string of the molecule is [2H]C([2H])(c1ccccc1)C(NC(=O)c1ccccc1F)C(=O)Cc1cc(F)ccc1N1CCN(C(=O)COc2cc3c(O)c4c(O)c(C)c5c(c24)C(=O)[C@@](C)(O/C=C/[C@H](OC)[C@@H](C)[C@@H](OC(C)=O)[C@H](C)[C@H](O)[C@H](C)[C@@H](O)[C@@H](C)/C=C/C=C(/C)C(=O)N3)O5)CC1. The molecule has 462 valence electrons. The van der Waals surface area contributed by atoms with Crippen molar-refractivity contribution in [2.75, 3.05) is 50.1 Å². The number of nitrogens with one attached hydrogen (secondary N) is 2. The molecule has 4 aliphatic rings. The van der Waals surface area contributed by atoms with Gasteiger partial charge in [0.2, 0.25) is 0 Å². The number of carbonyl (C=O) groups excluding carboxylic acids is 6. The third kappa shape index (κ3) is 14.1. The van der Waals surface area contributed by atoms with E-state index in [1.165, 1.54) is 100 Å². The van der Waals surface area contributed by atoms with Crippen LogP contribution in [0.25, 0.3) is 10.8 Å². The number of fused-ring (bicyclic) bond motifs is 14. The van der Waals surface area contributed by atoms with Crippen molar-refractivity contribution in [1.29, 1.82) is 0 Å². The number of nitrogens with zero attached hydrogens (tertiary/aromatic N) is 2. The van der Waals surface area contributed by atoms with Gasteiger partial charge in [0.05, 0.1) is 52.8 Å². The molecule has 1 saturated heterocycles. The summed E-state index contributed by atoms with van der Waals surface area (Å²) in [4.78, 5) is 86.7. The molecule has 3 amide bonds. The molecule has 5 aromatic carbocycles. The fraction of sp³-hybridized carbons (Fsp3) is 0.394. The van der Waals surface area contributed by atoms with Crippen LogP contribution in [0.1, 0.15) is 88.6 Å². The van der Waals surface area contributed by atoms with Crippen molar-refractivity contribution in [3.05, 3.63) is 154 Å². The van der Waals surface area contributed by atoms with E-state index in [2.05, 4.69) is 10.6 Å². The van der Waals surface area contributed by atoms with Gasteiger partial charge in [0.25, 0.3) is 23.5 Å². The smallest absolute Gasteiger partial charge is 0.312 e. The Hall–Kier alpha value is -8.66. The number of halogens is 2. The molecule has 21 heteroatoms. The number of benzene rings is 5. The molecule has 5 bridgehead atoms. The highest BCUT2D eigenvalue weighted by molar-refractivity contribution is 6.21. The fourth-order valence-electron chi connectivity index (χ4n) is 11.2. The van der Waals surface area contributed by atoms with Crippen LogP contribution >= 0.6 is 0 Å². The molecule has 4 heterocycles. The second-order valence-electron chi connectivity index (χ2n) is 22.4. The monoisotopic (exact) mass is 1200 g/mol. The van der Waals surface area contributed by atoms with Crippen LogP contribution in [-0.2, 0) is 46.2 Å². The van der Waals surface area contributed by atoms with E-state index in [9.17, 15) is 53.6 Å². The summed E-state index contributed by atoms with van der Waals surface area (Å²) in [6.45, 7) is 11.9. The number of carbonyl (C=O) groups is 6. The summed E-state index contributed by atoms with van der Waals surface area (Å²) in [5.41, 5.74) is -0.239. The number of piperazine rings is 1. The number of hydrogen-bond donors (Lipinski definition) is 6. The van der Waals surface area contributed by atoms with Gasteiger partial charge < -0.3 is 64.5 Å². The van der Waals surface area contributed by atoms with E-state index in [0.717, 1.165) is 18.4 Å². The lowest BCUT2D eigenvalue weighted by Crippen LogP contribution is -2.50. The summed E-state index contributed by atoms with van der Waals surface area (Å²) in [7, 11) is 1.40. The summed E-state index contributed by atoms with van der Waals surface area (Å²) in [6.07, 6.45) is -0.00471. The largest absolute Gasteiger partial charge is 0.507 e. The number of aliphatic hydroxyl groups excluding tert-OH is 2. The quantitative estimate of drug-likeness (QED) is 0.0479. The standard InChI is InChI=1S/C66H74F2N4O15/c1-35-16-15-17-36(2)64(81)70-48-33-52(54-55(60(48)79)59(78)40(6)62-56(54)63(80)66(8,87-62)85-29-24-51(83-9)37(3)61(86-41(7)73)39(5)58(77)38(4)57(35)76)84-34-53(75)72-27-25-71(26-28-72)49-23-22-44(67)31-43(49)32-50(74)47(30-42-18-11-10-12-19-42)69-65(82)45-20-13-14-21-46(45)68/h10-24,29,31,33,35,37-39,47,51,57-58,61,76-79H,25-28,30,32,34H2,1-9H3,(H,69,82)(H,70,81)/b16-15+,29-24+,36-17-/t35-,37+,38+,39+,47?,51-,57-,58+,61+,66-/m0/s1/i30D2. The Bertz CT molecular complexity index is 3630. The minimum Gasteiger partial charge on any atom is -0.507 e. The number of phenolic OH excluding ortho intramolecular Hbond substituents is 2. The minimum absolute atomic E-state index is 0.0127. The van der Waals surface area contributed by atoms with Gasteiger partial charge in [-0.25, -0.2) is 8.78 Å². The third-order valence-electron chi connectivity index (χ3n) is 16.4. The van der Waals surface area contributed by atoms with Crippen LogP contribution in [0.2, 0.25) is 0 Å². The first-order chi connectivity index (χ1) is 42.1. The number of esters is 1. The minimum atomic E-state index is -2.53. The van der Waals surface area contributed by atoms with Crippen molar-refractivity contribution < 1.29 is 84.4 Å². The van der Waals surface area contributed by atoms with Gasteiger partial charge in [0.15, 0.2) is 18.1 Å². The van der Waals surface area contributed by atoms with Crippen molar-refractivity contribution >= 4 is 57.4 Å². The molecular formula is C66H74F2N4O15. The molecule has 5 aromatic rings. The highest BCUT2D eigenvalue weighted by Gasteiger charge is 2.50. The highest BCUT2D eigenvalue weighted by atomic mass is 19.1. The van der Waals surface area contributed by atoms with Crippen LogP contribution in [0, 0.1) is 42.2 Å². The molecule has 0 aromatic heterocycles. The Labute approximate surface area is 506 Å². The number of phenols is 2. The summed E-state index contributed by atoms with van der Waals surface area (Å²) in [6, 6.07) is 15.8. The summed E-state index contributed by atoms with van der Waals surface area (Å²) < 4.78 is 78.3. The van der Waals surface area contributed by atoms with Crippen molar-refractivity contribution in [1.82, 2.24) is 10.2 Å². The van der Waals surface area contributed by atoms with Gasteiger partial charge in [0, 0.05) is 108 Å². The van der Waals surface area contributed by atoms with Crippen LogP contribution in [0.5, 0.6) is 23.0 Å². The van der Waals surface area contributed by atoms with E-state index in [-0.39, 0.29) is 82.0 Å². The van der Waals surface area contributed by atoms with Crippen molar-refractivity contribution in [2.24, 2.45) is 23.7 Å². The molecule has 19 nitrogen and oxygen atoms in total. The van der Waals surface area contributed by atoms with Crippen molar-refractivity contribution in [2.45, 2.75) is 104 Å². The molecular weight excluding hydrogens is 1130 g/mol. The van der Waals surface area contributed by atoms with Gasteiger partial charge in [-0.3, -0.25) is 28.8 Å². The van der Waals surface area contributed by atoms with Crippen LogP contribution in [0.15, 0.2) is 115 Å². The van der Waals surface area contributed by atoms with E-state index < -0.39 is 143 Å². The second-order valence-corrected chi connectivity index (χ2v) is 22.4. The molecule has 1 fully saturated rings. The zero-order valence-corrected chi connectivity index (χ0v) is 49.8. The molecule has 0 spiro atoms. The van der Waals surface area contributed by atoms with Crippen LogP contribution in [0.4, 0.5) is 20.2 Å². The Kier molecular flexibility index (Phi) is 19.3. The first-order valence-electron chi connectivity index (χ1n) is 29.5. The molecule has 0 saturated carbocycles. The maximum absolute atomic E-state index is 15.1. The molecule has 0 radical (unpaired) electrons. The number of allylic oxidation sites excluding steroid dienone is 2. The predicted octanol–water partition coefficient (Wildman–Crippen LogP) is 8.21. The average Bonchev–Trinajstić information content (AvgIpc) is 1.63.